The van der Waals surface area contributed by atoms with Crippen LogP contribution in [0.5, 0.6) is 11.5 Å². The van der Waals surface area contributed by atoms with Gasteiger partial charge in [0.25, 0.3) is 5.91 Å². The quantitative estimate of drug-likeness (QED) is 0.822. The predicted molar refractivity (Wildman–Crippen MR) is 106 cm³/mol. The summed E-state index contributed by atoms with van der Waals surface area (Å²) in [5.74, 6) is 2.34. The van der Waals surface area contributed by atoms with Crippen molar-refractivity contribution < 1.29 is 14.3 Å². The summed E-state index contributed by atoms with van der Waals surface area (Å²) in [5.41, 5.74) is 1.27. The van der Waals surface area contributed by atoms with Gasteiger partial charge in [-0.3, -0.25) is 4.79 Å². The van der Waals surface area contributed by atoms with Gasteiger partial charge in [0.2, 0.25) is 0 Å². The molecule has 1 aliphatic rings. The van der Waals surface area contributed by atoms with Gasteiger partial charge in [-0.1, -0.05) is 18.5 Å². The predicted octanol–water partition coefficient (Wildman–Crippen LogP) is 4.37. The third-order valence-electron chi connectivity index (χ3n) is 4.81. The molecular weight excluding hydrogens is 366 g/mol. The molecule has 0 atom stereocenters. The van der Waals surface area contributed by atoms with Gasteiger partial charge in [-0.25, -0.2) is 4.98 Å². The van der Waals surface area contributed by atoms with Gasteiger partial charge in [-0.2, -0.15) is 0 Å². The Kier molecular flexibility index (Phi) is 6.06. The molecular formula is C20H24ClN3O3. The van der Waals surface area contributed by atoms with Crippen molar-refractivity contribution >= 4 is 29.0 Å². The SMILES string of the molecule is COc1cc(Nc2cc(C(=O)N3CCC(C)CC3)ccn2)c(OC)cc1Cl. The van der Waals surface area contributed by atoms with Gasteiger partial charge in [0.05, 0.1) is 24.9 Å². The maximum Gasteiger partial charge on any atom is 0.254 e. The first-order valence-electron chi connectivity index (χ1n) is 8.95. The Labute approximate surface area is 164 Å². The number of piperidine rings is 1. The molecule has 1 aliphatic heterocycles. The highest BCUT2D eigenvalue weighted by Crippen LogP contribution is 2.37. The largest absolute Gasteiger partial charge is 0.495 e. The van der Waals surface area contributed by atoms with Crippen LogP contribution in [-0.4, -0.2) is 43.1 Å². The van der Waals surface area contributed by atoms with Crippen LogP contribution in [0, 0.1) is 5.92 Å². The zero-order valence-corrected chi connectivity index (χ0v) is 16.5. The van der Waals surface area contributed by atoms with Crippen LogP contribution in [0.4, 0.5) is 11.5 Å². The maximum absolute atomic E-state index is 12.8. The number of hydrogen-bond acceptors (Lipinski definition) is 5. The summed E-state index contributed by atoms with van der Waals surface area (Å²) in [4.78, 5) is 19.0. The van der Waals surface area contributed by atoms with Crippen molar-refractivity contribution in [3.8, 4) is 11.5 Å². The van der Waals surface area contributed by atoms with E-state index in [1.807, 2.05) is 4.90 Å². The van der Waals surface area contributed by atoms with E-state index < -0.39 is 0 Å². The standard InChI is InChI=1S/C20H24ClN3O3/c1-13-5-8-24(9-6-13)20(25)14-4-7-22-19(10-14)23-16-12-17(26-2)15(21)11-18(16)27-3/h4,7,10-13H,5-6,8-9H2,1-3H3,(H,22,23). The third kappa shape index (κ3) is 4.45. The topological polar surface area (TPSA) is 63.7 Å². The lowest BCUT2D eigenvalue weighted by Gasteiger charge is -2.30. The van der Waals surface area contributed by atoms with Crippen LogP contribution in [-0.2, 0) is 0 Å². The summed E-state index contributed by atoms with van der Waals surface area (Å²) in [5, 5.41) is 3.64. The fourth-order valence-corrected chi connectivity index (χ4v) is 3.35. The number of aromatic nitrogens is 1. The molecule has 0 unspecified atom stereocenters. The van der Waals surface area contributed by atoms with E-state index in [9.17, 15) is 4.79 Å². The van der Waals surface area contributed by atoms with Crippen molar-refractivity contribution in [1.29, 1.82) is 0 Å². The van der Waals surface area contributed by atoms with Crippen molar-refractivity contribution in [2.75, 3.05) is 32.6 Å². The van der Waals surface area contributed by atoms with E-state index in [1.54, 1.807) is 44.7 Å². The Morgan fingerprint density at radius 2 is 1.89 bits per heavy atom. The summed E-state index contributed by atoms with van der Waals surface area (Å²) < 4.78 is 10.6. The van der Waals surface area contributed by atoms with Gasteiger partial charge in [-0.15, -0.1) is 0 Å². The molecule has 27 heavy (non-hydrogen) atoms. The minimum atomic E-state index is 0.0352. The highest BCUT2D eigenvalue weighted by molar-refractivity contribution is 6.32. The molecule has 1 amide bonds. The van der Waals surface area contributed by atoms with E-state index in [4.69, 9.17) is 21.1 Å². The van der Waals surface area contributed by atoms with E-state index in [1.165, 1.54) is 0 Å². The molecule has 1 aromatic heterocycles. The number of ether oxygens (including phenoxy) is 2. The fraction of sp³-hybridized carbons (Fsp3) is 0.400. The van der Waals surface area contributed by atoms with Crippen LogP contribution < -0.4 is 14.8 Å². The number of hydrogen-bond donors (Lipinski definition) is 1. The highest BCUT2D eigenvalue weighted by Gasteiger charge is 2.22. The Hall–Kier alpha value is -2.47. The van der Waals surface area contributed by atoms with Crippen molar-refractivity contribution in [3.63, 3.8) is 0 Å². The number of carbonyl (C=O) groups excluding carboxylic acids is 1. The molecule has 1 fully saturated rings. The molecule has 1 N–H and O–H groups in total. The van der Waals surface area contributed by atoms with Crippen LogP contribution in [0.3, 0.4) is 0 Å². The minimum absolute atomic E-state index is 0.0352. The number of nitrogens with one attached hydrogen (secondary N) is 1. The van der Waals surface area contributed by atoms with Crippen molar-refractivity contribution in [2.45, 2.75) is 19.8 Å². The lowest BCUT2D eigenvalue weighted by molar-refractivity contribution is 0.0697. The normalized spacial score (nSPS) is 14.7. The second kappa shape index (κ2) is 8.48. The Morgan fingerprint density at radius 3 is 2.56 bits per heavy atom. The van der Waals surface area contributed by atoms with Gasteiger partial charge in [0, 0.05) is 37.0 Å². The molecule has 144 valence electrons. The Balaban J connectivity index is 1.81. The molecule has 0 spiro atoms. The molecule has 6 nitrogen and oxygen atoms in total. The molecule has 1 aromatic carbocycles. The minimum Gasteiger partial charge on any atom is -0.495 e. The number of rotatable bonds is 5. The zero-order chi connectivity index (χ0) is 19.4. The number of likely N-dealkylation sites (tertiary alicyclic amines) is 1. The van der Waals surface area contributed by atoms with Gasteiger partial charge in [0.1, 0.15) is 17.3 Å². The van der Waals surface area contributed by atoms with Gasteiger partial charge in [0.15, 0.2) is 0 Å². The summed E-state index contributed by atoms with van der Waals surface area (Å²) in [6.07, 6.45) is 3.72. The van der Waals surface area contributed by atoms with E-state index >= 15 is 0 Å². The monoisotopic (exact) mass is 389 g/mol. The molecule has 0 aliphatic carbocycles. The number of anilines is 2. The molecule has 7 heteroatoms. The average molecular weight is 390 g/mol. The van der Waals surface area contributed by atoms with Gasteiger partial charge >= 0.3 is 0 Å². The number of amides is 1. The molecule has 2 heterocycles. The number of carbonyl (C=O) groups is 1. The summed E-state index contributed by atoms with van der Waals surface area (Å²) in [6, 6.07) is 6.90. The number of methoxy groups -OCH3 is 2. The van der Waals surface area contributed by atoms with Crippen molar-refractivity contribution in [2.24, 2.45) is 5.92 Å². The van der Waals surface area contributed by atoms with Gasteiger partial charge < -0.3 is 19.7 Å². The zero-order valence-electron chi connectivity index (χ0n) is 15.8. The first-order valence-corrected chi connectivity index (χ1v) is 9.33. The van der Waals surface area contributed by atoms with Crippen LogP contribution in [0.1, 0.15) is 30.1 Å². The van der Waals surface area contributed by atoms with Crippen molar-refractivity contribution in [1.82, 2.24) is 9.88 Å². The summed E-state index contributed by atoms with van der Waals surface area (Å²) in [7, 11) is 3.11. The van der Waals surface area contributed by atoms with E-state index in [-0.39, 0.29) is 5.91 Å². The smallest absolute Gasteiger partial charge is 0.254 e. The first-order chi connectivity index (χ1) is 13.0. The van der Waals surface area contributed by atoms with Crippen molar-refractivity contribution in [3.05, 3.63) is 41.0 Å². The van der Waals surface area contributed by atoms with Crippen LogP contribution in [0.25, 0.3) is 0 Å². The summed E-state index contributed by atoms with van der Waals surface area (Å²) in [6.45, 7) is 3.82. The maximum atomic E-state index is 12.8. The van der Waals surface area contributed by atoms with E-state index in [2.05, 4.69) is 17.2 Å². The van der Waals surface area contributed by atoms with E-state index in [0.717, 1.165) is 25.9 Å². The number of nitrogens with zero attached hydrogens (tertiary/aromatic N) is 2. The highest BCUT2D eigenvalue weighted by atomic mass is 35.5. The first kappa shape index (κ1) is 19.3. The third-order valence-corrected chi connectivity index (χ3v) is 5.11. The van der Waals surface area contributed by atoms with E-state index in [0.29, 0.717) is 39.5 Å². The summed E-state index contributed by atoms with van der Waals surface area (Å²) >= 11 is 6.15. The Bertz CT molecular complexity index is 820. The lowest BCUT2D eigenvalue weighted by atomic mass is 9.99. The molecule has 2 aromatic rings. The number of pyridine rings is 1. The van der Waals surface area contributed by atoms with Crippen LogP contribution >= 0.6 is 11.6 Å². The second-order valence-electron chi connectivity index (χ2n) is 6.72. The number of halogens is 1. The van der Waals surface area contributed by atoms with Gasteiger partial charge in [-0.05, 0) is 30.9 Å². The second-order valence-corrected chi connectivity index (χ2v) is 7.12. The van der Waals surface area contributed by atoms with Crippen LogP contribution in [0.15, 0.2) is 30.5 Å². The number of benzene rings is 1. The molecule has 0 radical (unpaired) electrons. The lowest BCUT2D eigenvalue weighted by Crippen LogP contribution is -2.37. The van der Waals surface area contributed by atoms with Crippen LogP contribution in [0.2, 0.25) is 5.02 Å². The fourth-order valence-electron chi connectivity index (χ4n) is 3.12. The molecule has 0 bridgehead atoms. The molecule has 0 saturated carbocycles. The Morgan fingerprint density at radius 1 is 1.19 bits per heavy atom. The molecule has 3 rings (SSSR count). The average Bonchev–Trinajstić information content (AvgIpc) is 2.69. The molecule has 1 saturated heterocycles.